The summed E-state index contributed by atoms with van der Waals surface area (Å²) in [5.74, 6) is -0.0942. The van der Waals surface area contributed by atoms with Crippen molar-refractivity contribution in [3.8, 4) is 0 Å². The molecule has 0 amide bonds. The first-order chi connectivity index (χ1) is 11.1. The van der Waals surface area contributed by atoms with Gasteiger partial charge in [-0.25, -0.2) is 0 Å². The summed E-state index contributed by atoms with van der Waals surface area (Å²) in [4.78, 5) is 22.9. The molecule has 0 saturated carbocycles. The summed E-state index contributed by atoms with van der Waals surface area (Å²) >= 11 is 0. The second-order valence-electron chi connectivity index (χ2n) is 10.1. The van der Waals surface area contributed by atoms with Gasteiger partial charge in [-0.3, -0.25) is 9.59 Å². The first-order valence-electron chi connectivity index (χ1n) is 8.72. The van der Waals surface area contributed by atoms with E-state index >= 15 is 0 Å². The average molecular weight is 507 g/mol. The van der Waals surface area contributed by atoms with E-state index < -0.39 is 21.7 Å². The van der Waals surface area contributed by atoms with Crippen molar-refractivity contribution in [1.82, 2.24) is 0 Å². The largest absolute Gasteiger partial charge is 0.514 e. The average Bonchev–Trinajstić information content (AvgIpc) is 2.34. The molecule has 0 aromatic carbocycles. The maximum atomic E-state index is 11.5. The zero-order chi connectivity index (χ0) is 21.7. The van der Waals surface area contributed by atoms with Gasteiger partial charge in [-0.2, -0.15) is 0 Å². The minimum absolute atomic E-state index is 0. The number of hydrogen-bond acceptors (Lipinski definition) is 4. The van der Waals surface area contributed by atoms with Crippen LogP contribution in [0.5, 0.6) is 0 Å². The van der Waals surface area contributed by atoms with Gasteiger partial charge in [-0.1, -0.05) is 69.2 Å². The van der Waals surface area contributed by atoms with Gasteiger partial charge in [0, 0.05) is 64.7 Å². The number of allylic oxidation sites excluding steroid dienone is 4. The summed E-state index contributed by atoms with van der Waals surface area (Å²) < 4.78 is 0. The molecule has 5 heteroatoms. The fraction of sp³-hybridized carbons (Fsp3) is 0.636. The van der Waals surface area contributed by atoms with Crippen LogP contribution in [0.1, 0.15) is 69.2 Å². The van der Waals surface area contributed by atoms with Crippen molar-refractivity contribution in [2.24, 2.45) is 21.7 Å². The van der Waals surface area contributed by atoms with E-state index in [2.05, 4.69) is 13.8 Å². The SMILES string of the molecule is [CH2-]C(C)(C)C(O)=CC(=O)C(C)(C)C.[CH2-]C(C)(C)C(O)=CC(=O)C(C)(C)C.[Ce]. The molecular formula is C22H38CeO4-2. The third-order valence-electron chi connectivity index (χ3n) is 3.40. The van der Waals surface area contributed by atoms with Gasteiger partial charge in [0.1, 0.15) is 0 Å². The van der Waals surface area contributed by atoms with Crippen LogP contribution in [-0.2, 0) is 9.59 Å². The van der Waals surface area contributed by atoms with Crippen LogP contribution in [0.2, 0.25) is 0 Å². The molecule has 0 aliphatic carbocycles. The van der Waals surface area contributed by atoms with Crippen LogP contribution in [0.4, 0.5) is 0 Å². The second kappa shape index (κ2) is 11.1. The maximum absolute atomic E-state index is 11.5. The molecule has 0 heterocycles. The van der Waals surface area contributed by atoms with Crippen LogP contribution < -0.4 is 0 Å². The number of aliphatic hydroxyl groups excluding tert-OH is 2. The van der Waals surface area contributed by atoms with Crippen molar-refractivity contribution in [3.63, 3.8) is 0 Å². The molecule has 0 radical (unpaired) electrons. The standard InChI is InChI=1S/2C11H19O2.Ce/c2*1-10(2,3)8(12)7-9(13)11(4,5)6;/h2*7,12H,1H2,2-6H3;/q2*-1;. The van der Waals surface area contributed by atoms with Crippen molar-refractivity contribution in [1.29, 1.82) is 0 Å². The number of rotatable bonds is 4. The van der Waals surface area contributed by atoms with Crippen molar-refractivity contribution in [2.45, 2.75) is 69.2 Å². The van der Waals surface area contributed by atoms with Crippen LogP contribution in [0.15, 0.2) is 23.7 Å². The summed E-state index contributed by atoms with van der Waals surface area (Å²) in [7, 11) is 0. The third-order valence-corrected chi connectivity index (χ3v) is 3.40. The van der Waals surface area contributed by atoms with E-state index in [9.17, 15) is 19.8 Å². The summed E-state index contributed by atoms with van der Waals surface area (Å²) in [5.41, 5.74) is -2.08. The molecule has 27 heavy (non-hydrogen) atoms. The quantitative estimate of drug-likeness (QED) is 0.287. The first kappa shape index (κ1) is 31.5. The Bertz CT molecular complexity index is 505. The Hall–Kier alpha value is -0.203. The van der Waals surface area contributed by atoms with Crippen LogP contribution in [0.25, 0.3) is 0 Å². The molecule has 0 aromatic heterocycles. The molecule has 0 atom stereocenters. The Labute approximate surface area is 200 Å². The Morgan fingerprint density at radius 3 is 0.926 bits per heavy atom. The maximum Gasteiger partial charge on any atom is 0.164 e. The van der Waals surface area contributed by atoms with Crippen LogP contribution in [0, 0.1) is 77.3 Å². The van der Waals surface area contributed by atoms with Crippen molar-refractivity contribution < 1.29 is 61.5 Å². The molecule has 4 nitrogen and oxygen atoms in total. The van der Waals surface area contributed by atoms with Gasteiger partial charge < -0.3 is 24.1 Å². The predicted octanol–water partition coefficient (Wildman–Crippen LogP) is 5.81. The van der Waals surface area contributed by atoms with Gasteiger partial charge in [-0.15, -0.1) is 10.8 Å². The molecule has 0 rings (SSSR count). The number of ketones is 2. The first-order valence-corrected chi connectivity index (χ1v) is 8.72. The number of carbonyl (C=O) groups excluding carboxylic acids is 2. The number of hydrogen-bond donors (Lipinski definition) is 2. The van der Waals surface area contributed by atoms with Crippen molar-refractivity contribution in [3.05, 3.63) is 37.5 Å². The van der Waals surface area contributed by atoms with Gasteiger partial charge in [-0.05, 0) is 0 Å². The second-order valence-corrected chi connectivity index (χ2v) is 10.1. The molecule has 0 spiro atoms. The fourth-order valence-electron chi connectivity index (χ4n) is 1.07. The Morgan fingerprint density at radius 1 is 0.630 bits per heavy atom. The number of carbonyl (C=O) groups is 2. The topological polar surface area (TPSA) is 74.6 Å². The van der Waals surface area contributed by atoms with E-state index in [1.54, 1.807) is 27.7 Å². The monoisotopic (exact) mass is 506 g/mol. The number of aliphatic hydroxyl groups is 2. The Kier molecular flexibility index (Phi) is 12.9. The normalized spacial score (nSPS) is 13.9. The molecule has 156 valence electrons. The molecular weight excluding hydrogens is 468 g/mol. The molecule has 0 aliphatic rings. The minimum atomic E-state index is -0.596. The van der Waals surface area contributed by atoms with E-state index in [4.69, 9.17) is 0 Å². The minimum Gasteiger partial charge on any atom is -0.514 e. The van der Waals surface area contributed by atoms with Gasteiger partial charge in [0.15, 0.2) is 11.6 Å². The van der Waals surface area contributed by atoms with E-state index in [1.165, 1.54) is 12.2 Å². The summed E-state index contributed by atoms with van der Waals surface area (Å²) in [6.45, 7) is 25.4. The molecule has 0 aromatic rings. The predicted molar refractivity (Wildman–Crippen MR) is 109 cm³/mol. The zero-order valence-electron chi connectivity index (χ0n) is 18.8. The van der Waals surface area contributed by atoms with E-state index in [1.807, 2.05) is 41.5 Å². The molecule has 0 saturated heterocycles. The molecule has 0 unspecified atom stereocenters. The van der Waals surface area contributed by atoms with Crippen molar-refractivity contribution >= 4 is 11.6 Å². The van der Waals surface area contributed by atoms with Crippen LogP contribution >= 0.6 is 0 Å². The van der Waals surface area contributed by atoms with E-state index in [0.717, 1.165) is 0 Å². The third kappa shape index (κ3) is 14.4. The summed E-state index contributed by atoms with van der Waals surface area (Å²) in [5, 5.41) is 19.0. The van der Waals surface area contributed by atoms with E-state index in [0.29, 0.717) is 0 Å². The molecule has 0 bridgehead atoms. The fourth-order valence-corrected chi connectivity index (χ4v) is 1.07. The smallest absolute Gasteiger partial charge is 0.164 e. The van der Waals surface area contributed by atoms with Gasteiger partial charge in [0.05, 0.1) is 11.5 Å². The van der Waals surface area contributed by atoms with Crippen LogP contribution in [-0.4, -0.2) is 21.8 Å². The Morgan fingerprint density at radius 2 is 0.815 bits per heavy atom. The molecule has 2 N–H and O–H groups in total. The molecule has 0 aliphatic heterocycles. The van der Waals surface area contributed by atoms with Gasteiger partial charge in [0.2, 0.25) is 0 Å². The van der Waals surface area contributed by atoms with E-state index in [-0.39, 0.29) is 64.8 Å². The Balaban J connectivity index is -0.000000411. The van der Waals surface area contributed by atoms with Crippen LogP contribution in [0.3, 0.4) is 0 Å². The van der Waals surface area contributed by atoms with Gasteiger partial charge >= 0.3 is 0 Å². The van der Waals surface area contributed by atoms with Crippen molar-refractivity contribution in [2.75, 3.05) is 0 Å². The summed E-state index contributed by atoms with van der Waals surface area (Å²) in [6.07, 6.45) is 2.54. The molecule has 0 fully saturated rings. The zero-order valence-corrected chi connectivity index (χ0v) is 21.9. The van der Waals surface area contributed by atoms with Gasteiger partial charge in [0.25, 0.3) is 0 Å². The summed E-state index contributed by atoms with van der Waals surface area (Å²) in [6, 6.07) is 0.